The topological polar surface area (TPSA) is 97.0 Å². The fourth-order valence-corrected chi connectivity index (χ4v) is 5.03. The lowest BCUT2D eigenvalue weighted by atomic mass is 10.1. The lowest BCUT2D eigenvalue weighted by Crippen LogP contribution is -2.35. The van der Waals surface area contributed by atoms with Crippen LogP contribution in [0.2, 0.25) is 0 Å². The van der Waals surface area contributed by atoms with E-state index >= 15 is 0 Å². The number of ether oxygens (including phenoxy) is 2. The van der Waals surface area contributed by atoms with Gasteiger partial charge in [-0.25, -0.2) is 13.1 Å². The number of hydrogen-bond donors (Lipinski definition) is 2. The first kappa shape index (κ1) is 24.7. The van der Waals surface area contributed by atoms with Crippen molar-refractivity contribution in [2.24, 2.45) is 0 Å². The average molecular weight is 496 g/mol. The Balaban J connectivity index is 1.52. The lowest BCUT2D eigenvalue weighted by molar-refractivity contribution is 0.102. The van der Waals surface area contributed by atoms with E-state index in [4.69, 9.17) is 9.47 Å². The van der Waals surface area contributed by atoms with Gasteiger partial charge in [0.05, 0.1) is 24.2 Å². The highest BCUT2D eigenvalue weighted by atomic mass is 32.2. The van der Waals surface area contributed by atoms with Crippen LogP contribution in [0.25, 0.3) is 0 Å². The van der Waals surface area contributed by atoms with E-state index in [-0.39, 0.29) is 10.5 Å². The van der Waals surface area contributed by atoms with E-state index in [0.717, 1.165) is 12.0 Å². The number of anilines is 1. The minimum atomic E-state index is -3.89. The Morgan fingerprint density at radius 2 is 1.69 bits per heavy atom. The third-order valence-electron chi connectivity index (χ3n) is 5.46. The predicted octanol–water partition coefficient (Wildman–Crippen LogP) is 3.68. The van der Waals surface area contributed by atoms with E-state index in [1.54, 1.807) is 30.3 Å². The Kier molecular flexibility index (Phi) is 7.70. The Labute approximate surface area is 205 Å². The molecule has 0 spiro atoms. The first-order valence-corrected chi connectivity index (χ1v) is 12.8. The van der Waals surface area contributed by atoms with Gasteiger partial charge in [0, 0.05) is 30.3 Å². The van der Waals surface area contributed by atoms with E-state index < -0.39 is 22.0 Å². The molecule has 3 aromatic carbocycles. The predicted molar refractivity (Wildman–Crippen MR) is 135 cm³/mol. The summed E-state index contributed by atoms with van der Waals surface area (Å²) < 4.78 is 40.5. The molecule has 35 heavy (non-hydrogen) atoms. The van der Waals surface area contributed by atoms with E-state index in [1.165, 1.54) is 12.1 Å². The maximum Gasteiger partial charge on any atom is 0.255 e. The van der Waals surface area contributed by atoms with Gasteiger partial charge >= 0.3 is 0 Å². The van der Waals surface area contributed by atoms with Gasteiger partial charge in [0.25, 0.3) is 5.91 Å². The lowest BCUT2D eigenvalue weighted by Gasteiger charge is -2.23. The molecule has 4 rings (SSSR count). The van der Waals surface area contributed by atoms with Crippen molar-refractivity contribution in [1.82, 2.24) is 9.62 Å². The number of fused-ring (bicyclic) bond motifs is 1. The number of carbonyl (C=O) groups excluding carboxylic acids is 1. The fourth-order valence-electron chi connectivity index (χ4n) is 3.77. The molecular formula is C26H29N3O5S. The fraction of sp³-hybridized carbons (Fsp3) is 0.269. The van der Waals surface area contributed by atoms with Crippen LogP contribution in [0.4, 0.5) is 5.69 Å². The van der Waals surface area contributed by atoms with Crippen LogP contribution >= 0.6 is 0 Å². The Hall–Kier alpha value is -3.40. The van der Waals surface area contributed by atoms with Crippen molar-refractivity contribution in [2.75, 3.05) is 39.2 Å². The van der Waals surface area contributed by atoms with Crippen LogP contribution in [-0.2, 0) is 10.0 Å². The Morgan fingerprint density at radius 1 is 0.943 bits per heavy atom. The molecule has 0 fully saturated rings. The molecule has 0 bridgehead atoms. The van der Waals surface area contributed by atoms with Crippen molar-refractivity contribution in [3.63, 3.8) is 0 Å². The molecule has 184 valence electrons. The summed E-state index contributed by atoms with van der Waals surface area (Å²) in [5.74, 6) is 0.767. The van der Waals surface area contributed by atoms with Gasteiger partial charge in [0.1, 0.15) is 0 Å². The summed E-state index contributed by atoms with van der Waals surface area (Å²) in [7, 11) is -0.124. The van der Waals surface area contributed by atoms with Gasteiger partial charge in [-0.2, -0.15) is 0 Å². The Morgan fingerprint density at radius 3 is 2.43 bits per heavy atom. The van der Waals surface area contributed by atoms with Gasteiger partial charge in [-0.1, -0.05) is 36.4 Å². The molecule has 0 saturated carbocycles. The summed E-state index contributed by atoms with van der Waals surface area (Å²) in [6.45, 7) is 1.59. The number of hydrogen-bond acceptors (Lipinski definition) is 6. The number of likely N-dealkylation sites (N-methyl/N-ethyl adjacent to an activating group) is 1. The summed E-state index contributed by atoms with van der Waals surface area (Å²) >= 11 is 0. The van der Waals surface area contributed by atoms with Crippen LogP contribution in [0.1, 0.15) is 28.4 Å². The number of nitrogens with zero attached hydrogens (tertiary/aromatic N) is 1. The second-order valence-corrected chi connectivity index (χ2v) is 10.3. The van der Waals surface area contributed by atoms with Gasteiger partial charge in [0.15, 0.2) is 11.5 Å². The number of amides is 1. The van der Waals surface area contributed by atoms with Crippen LogP contribution in [0, 0.1) is 0 Å². The van der Waals surface area contributed by atoms with E-state index in [2.05, 4.69) is 10.0 Å². The summed E-state index contributed by atoms with van der Waals surface area (Å²) in [6, 6.07) is 20.1. The molecule has 3 aromatic rings. The van der Waals surface area contributed by atoms with Crippen LogP contribution < -0.4 is 19.5 Å². The average Bonchev–Trinajstić information content (AvgIpc) is 3.09. The van der Waals surface area contributed by atoms with Gasteiger partial charge in [0.2, 0.25) is 10.0 Å². The van der Waals surface area contributed by atoms with Gasteiger partial charge < -0.3 is 19.7 Å². The highest BCUT2D eigenvalue weighted by molar-refractivity contribution is 7.89. The second kappa shape index (κ2) is 10.9. The first-order valence-electron chi connectivity index (χ1n) is 11.3. The molecule has 1 aliphatic heterocycles. The quantitative estimate of drug-likeness (QED) is 0.495. The molecule has 1 amide bonds. The van der Waals surface area contributed by atoms with E-state index in [1.807, 2.05) is 49.3 Å². The summed E-state index contributed by atoms with van der Waals surface area (Å²) in [5, 5.41) is 2.80. The van der Waals surface area contributed by atoms with Crippen LogP contribution in [0.15, 0.2) is 77.7 Å². The SMILES string of the molecule is CN(C)C[C@@H](NS(=O)(=O)c1cccc(C(=O)Nc2ccc3c(c2)OCCCO3)c1)c1ccccc1. The molecule has 9 heteroatoms. The summed E-state index contributed by atoms with van der Waals surface area (Å²) in [6.07, 6.45) is 0.783. The summed E-state index contributed by atoms with van der Waals surface area (Å²) in [4.78, 5) is 14.8. The molecule has 1 aliphatic rings. The third kappa shape index (κ3) is 6.39. The zero-order valence-electron chi connectivity index (χ0n) is 19.7. The van der Waals surface area contributed by atoms with Crippen molar-refractivity contribution in [3.05, 3.63) is 83.9 Å². The number of rotatable bonds is 8. The van der Waals surface area contributed by atoms with Crippen molar-refractivity contribution >= 4 is 21.6 Å². The van der Waals surface area contributed by atoms with E-state index in [9.17, 15) is 13.2 Å². The van der Waals surface area contributed by atoms with Crippen molar-refractivity contribution in [2.45, 2.75) is 17.4 Å². The second-order valence-electron chi connectivity index (χ2n) is 8.54. The normalized spacial score (nSPS) is 14.3. The largest absolute Gasteiger partial charge is 0.490 e. The smallest absolute Gasteiger partial charge is 0.255 e. The highest BCUT2D eigenvalue weighted by Crippen LogP contribution is 2.32. The summed E-state index contributed by atoms with van der Waals surface area (Å²) in [5.41, 5.74) is 1.61. The zero-order chi connectivity index (χ0) is 24.8. The molecular weight excluding hydrogens is 466 g/mol. The minimum Gasteiger partial charge on any atom is -0.490 e. The number of benzene rings is 3. The number of nitrogens with one attached hydrogen (secondary N) is 2. The van der Waals surface area contributed by atoms with Crippen LogP contribution in [-0.4, -0.2) is 53.1 Å². The van der Waals surface area contributed by atoms with Crippen LogP contribution in [0.3, 0.4) is 0 Å². The molecule has 2 N–H and O–H groups in total. The molecule has 0 aliphatic carbocycles. The van der Waals surface area contributed by atoms with Crippen molar-refractivity contribution in [3.8, 4) is 11.5 Å². The van der Waals surface area contributed by atoms with Crippen molar-refractivity contribution < 1.29 is 22.7 Å². The maximum atomic E-state index is 13.2. The number of sulfonamides is 1. The molecule has 0 aromatic heterocycles. The molecule has 1 heterocycles. The maximum absolute atomic E-state index is 13.2. The Bertz CT molecular complexity index is 1280. The van der Waals surface area contributed by atoms with Gasteiger partial charge in [-0.15, -0.1) is 0 Å². The minimum absolute atomic E-state index is 0.0171. The zero-order valence-corrected chi connectivity index (χ0v) is 20.5. The molecule has 1 atom stereocenters. The highest BCUT2D eigenvalue weighted by Gasteiger charge is 2.23. The van der Waals surface area contributed by atoms with E-state index in [0.29, 0.717) is 36.9 Å². The molecule has 0 radical (unpaired) electrons. The molecule has 8 nitrogen and oxygen atoms in total. The monoisotopic (exact) mass is 495 g/mol. The molecule has 0 saturated heterocycles. The standard InChI is InChI=1S/C26H29N3O5S/c1-29(2)18-23(19-8-4-3-5-9-19)28-35(31,32)22-11-6-10-20(16-22)26(30)27-21-12-13-24-25(17-21)34-15-7-14-33-24/h3-6,8-13,16-17,23,28H,7,14-15,18H2,1-2H3,(H,27,30)/t23-/m1/s1. The van der Waals surface area contributed by atoms with Crippen molar-refractivity contribution in [1.29, 1.82) is 0 Å². The molecule has 0 unspecified atom stereocenters. The van der Waals surface area contributed by atoms with Gasteiger partial charge in [-0.05, 0) is 50.0 Å². The van der Waals surface area contributed by atoms with Crippen LogP contribution in [0.5, 0.6) is 11.5 Å². The first-order chi connectivity index (χ1) is 16.8. The third-order valence-corrected chi connectivity index (χ3v) is 6.93. The number of carbonyl (C=O) groups is 1. The van der Waals surface area contributed by atoms with Gasteiger partial charge in [-0.3, -0.25) is 4.79 Å².